The number of hydrogen-bond donors (Lipinski definition) is 1. The molecule has 0 amide bonds. The van der Waals surface area contributed by atoms with Gasteiger partial charge in [0.1, 0.15) is 5.75 Å². The molecule has 1 heterocycles. The lowest BCUT2D eigenvalue weighted by Gasteiger charge is -2.45. The molecule has 0 saturated carbocycles. The van der Waals surface area contributed by atoms with Crippen LogP contribution in [-0.2, 0) is 6.54 Å². The Morgan fingerprint density at radius 2 is 1.74 bits per heavy atom. The monoisotopic (exact) mass is 262 g/mol. The van der Waals surface area contributed by atoms with Crippen LogP contribution >= 0.6 is 0 Å². The van der Waals surface area contributed by atoms with E-state index in [1.54, 1.807) is 0 Å². The van der Waals surface area contributed by atoms with Crippen molar-refractivity contribution in [2.45, 2.75) is 39.8 Å². The van der Waals surface area contributed by atoms with Gasteiger partial charge in [0.25, 0.3) is 0 Å². The summed E-state index contributed by atoms with van der Waals surface area (Å²) >= 11 is 0. The maximum Gasteiger partial charge on any atom is 0.121 e. The first-order chi connectivity index (χ1) is 8.79. The number of benzene rings is 1. The molecule has 1 saturated heterocycles. The smallest absolute Gasteiger partial charge is 0.121 e. The molecule has 0 bridgehead atoms. The molecule has 0 radical (unpaired) electrons. The molecule has 19 heavy (non-hydrogen) atoms. The molecule has 0 aromatic heterocycles. The highest BCUT2D eigenvalue weighted by atomic mass is 16.3. The Labute approximate surface area is 116 Å². The lowest BCUT2D eigenvalue weighted by atomic mass is 9.98. The minimum Gasteiger partial charge on any atom is -0.507 e. The first-order valence-corrected chi connectivity index (χ1v) is 7.02. The molecule has 1 aromatic rings. The Balaban J connectivity index is 2.10. The Hall–Kier alpha value is -1.06. The average Bonchev–Trinajstić information content (AvgIpc) is 2.30. The molecule has 0 aliphatic carbocycles. The van der Waals surface area contributed by atoms with Crippen molar-refractivity contribution in [2.75, 3.05) is 26.7 Å². The number of aromatic hydroxyl groups is 1. The van der Waals surface area contributed by atoms with Crippen LogP contribution in [0.4, 0.5) is 0 Å². The fraction of sp³-hybridized carbons (Fsp3) is 0.625. The van der Waals surface area contributed by atoms with Crippen molar-refractivity contribution in [3.8, 4) is 5.75 Å². The van der Waals surface area contributed by atoms with Crippen LogP contribution in [0.1, 0.15) is 30.5 Å². The van der Waals surface area contributed by atoms with Crippen molar-refractivity contribution in [3.63, 3.8) is 0 Å². The number of nitrogens with zero attached hydrogens (tertiary/aromatic N) is 2. The van der Waals surface area contributed by atoms with Crippen LogP contribution in [0.15, 0.2) is 12.1 Å². The van der Waals surface area contributed by atoms with Crippen LogP contribution in [0.5, 0.6) is 5.75 Å². The van der Waals surface area contributed by atoms with Gasteiger partial charge in [-0.2, -0.15) is 0 Å². The highest BCUT2D eigenvalue weighted by Crippen LogP contribution is 2.25. The second-order valence-electron chi connectivity index (χ2n) is 6.52. The molecule has 1 aliphatic rings. The first kappa shape index (κ1) is 14.4. The quantitative estimate of drug-likeness (QED) is 0.887. The van der Waals surface area contributed by atoms with Crippen LogP contribution in [-0.4, -0.2) is 47.1 Å². The molecule has 2 rings (SSSR count). The van der Waals surface area contributed by atoms with Gasteiger partial charge in [-0.25, -0.2) is 0 Å². The van der Waals surface area contributed by atoms with Gasteiger partial charge < -0.3 is 5.11 Å². The van der Waals surface area contributed by atoms with E-state index >= 15 is 0 Å². The first-order valence-electron chi connectivity index (χ1n) is 7.02. The Kier molecular flexibility index (Phi) is 3.88. The van der Waals surface area contributed by atoms with E-state index in [0.29, 0.717) is 5.75 Å². The summed E-state index contributed by atoms with van der Waals surface area (Å²) in [5, 5.41) is 9.83. The van der Waals surface area contributed by atoms with Gasteiger partial charge in [-0.3, -0.25) is 9.80 Å². The second-order valence-corrected chi connectivity index (χ2v) is 6.52. The summed E-state index contributed by atoms with van der Waals surface area (Å²) in [6.45, 7) is 12.8. The molecule has 0 spiro atoms. The van der Waals surface area contributed by atoms with Gasteiger partial charge in [0.2, 0.25) is 0 Å². The number of aryl methyl sites for hydroxylation is 2. The number of phenolic OH excluding ortho intramolecular Hbond substituents is 1. The van der Waals surface area contributed by atoms with Crippen LogP contribution in [0.25, 0.3) is 0 Å². The van der Waals surface area contributed by atoms with E-state index in [9.17, 15) is 5.11 Å². The molecule has 1 aliphatic heterocycles. The SMILES string of the molecule is Cc1cc(CN2CCN(C)C(C)(C)C2)cc(C)c1O. The number of piperazine rings is 1. The summed E-state index contributed by atoms with van der Waals surface area (Å²) in [7, 11) is 2.20. The zero-order valence-corrected chi connectivity index (χ0v) is 12.8. The lowest BCUT2D eigenvalue weighted by Crippen LogP contribution is -2.57. The Bertz CT molecular complexity index is 445. The van der Waals surface area contributed by atoms with Gasteiger partial charge in [-0.1, -0.05) is 12.1 Å². The van der Waals surface area contributed by atoms with E-state index in [1.807, 2.05) is 13.8 Å². The molecule has 0 atom stereocenters. The van der Waals surface area contributed by atoms with Crippen molar-refractivity contribution in [1.29, 1.82) is 0 Å². The summed E-state index contributed by atoms with van der Waals surface area (Å²) in [6, 6.07) is 4.21. The van der Waals surface area contributed by atoms with Crippen LogP contribution in [0.3, 0.4) is 0 Å². The van der Waals surface area contributed by atoms with Gasteiger partial charge in [0.15, 0.2) is 0 Å². The predicted octanol–water partition coefficient (Wildman–Crippen LogP) is 2.54. The zero-order chi connectivity index (χ0) is 14.2. The maximum atomic E-state index is 9.83. The third kappa shape index (κ3) is 3.10. The molecule has 106 valence electrons. The highest BCUT2D eigenvalue weighted by Gasteiger charge is 2.30. The van der Waals surface area contributed by atoms with E-state index in [1.165, 1.54) is 5.56 Å². The maximum absolute atomic E-state index is 9.83. The van der Waals surface area contributed by atoms with Gasteiger partial charge in [-0.15, -0.1) is 0 Å². The number of hydrogen-bond acceptors (Lipinski definition) is 3. The molecule has 1 aromatic carbocycles. The molecule has 3 heteroatoms. The molecular formula is C16H26N2O. The fourth-order valence-electron chi connectivity index (χ4n) is 2.87. The lowest BCUT2D eigenvalue weighted by molar-refractivity contribution is 0.0360. The van der Waals surface area contributed by atoms with Crippen molar-refractivity contribution in [1.82, 2.24) is 9.80 Å². The van der Waals surface area contributed by atoms with Gasteiger partial charge in [0, 0.05) is 31.7 Å². The minimum absolute atomic E-state index is 0.235. The zero-order valence-electron chi connectivity index (χ0n) is 12.8. The van der Waals surface area contributed by atoms with E-state index in [2.05, 4.69) is 42.8 Å². The van der Waals surface area contributed by atoms with Crippen molar-refractivity contribution >= 4 is 0 Å². The van der Waals surface area contributed by atoms with Crippen LogP contribution in [0, 0.1) is 13.8 Å². The van der Waals surface area contributed by atoms with Gasteiger partial charge in [0.05, 0.1) is 0 Å². The molecule has 1 fully saturated rings. The number of rotatable bonds is 2. The summed E-state index contributed by atoms with van der Waals surface area (Å²) in [5.41, 5.74) is 3.49. The fourth-order valence-corrected chi connectivity index (χ4v) is 2.87. The molecule has 1 N–H and O–H groups in total. The summed E-state index contributed by atoms with van der Waals surface area (Å²) in [6.07, 6.45) is 0. The second kappa shape index (κ2) is 5.14. The predicted molar refractivity (Wildman–Crippen MR) is 79.6 cm³/mol. The number of likely N-dealkylation sites (N-methyl/N-ethyl adjacent to an activating group) is 1. The Morgan fingerprint density at radius 3 is 2.26 bits per heavy atom. The molecule has 0 unspecified atom stereocenters. The molecule has 3 nitrogen and oxygen atoms in total. The van der Waals surface area contributed by atoms with Crippen LogP contribution in [0.2, 0.25) is 0 Å². The van der Waals surface area contributed by atoms with E-state index in [4.69, 9.17) is 0 Å². The van der Waals surface area contributed by atoms with E-state index in [-0.39, 0.29) is 5.54 Å². The van der Waals surface area contributed by atoms with Crippen molar-refractivity contribution < 1.29 is 5.11 Å². The minimum atomic E-state index is 0.235. The van der Waals surface area contributed by atoms with Gasteiger partial charge in [-0.05, 0) is 51.4 Å². The largest absolute Gasteiger partial charge is 0.507 e. The molecular weight excluding hydrogens is 236 g/mol. The normalized spacial score (nSPS) is 20.7. The van der Waals surface area contributed by atoms with E-state index < -0.39 is 0 Å². The van der Waals surface area contributed by atoms with Crippen LogP contribution < -0.4 is 0 Å². The van der Waals surface area contributed by atoms with Crippen molar-refractivity contribution in [3.05, 3.63) is 28.8 Å². The number of phenols is 1. The highest BCUT2D eigenvalue weighted by molar-refractivity contribution is 5.42. The third-order valence-electron chi connectivity index (χ3n) is 4.35. The van der Waals surface area contributed by atoms with E-state index in [0.717, 1.165) is 37.3 Å². The topological polar surface area (TPSA) is 26.7 Å². The Morgan fingerprint density at radius 1 is 1.16 bits per heavy atom. The summed E-state index contributed by atoms with van der Waals surface area (Å²) in [4.78, 5) is 4.93. The van der Waals surface area contributed by atoms with Gasteiger partial charge >= 0.3 is 0 Å². The third-order valence-corrected chi connectivity index (χ3v) is 4.35. The average molecular weight is 262 g/mol. The summed E-state index contributed by atoms with van der Waals surface area (Å²) < 4.78 is 0. The van der Waals surface area contributed by atoms with Crippen molar-refractivity contribution in [2.24, 2.45) is 0 Å². The summed E-state index contributed by atoms with van der Waals surface area (Å²) in [5.74, 6) is 0.433. The standard InChI is InChI=1S/C16H26N2O/c1-12-8-14(9-13(2)15(12)19)10-18-7-6-17(5)16(3,4)11-18/h8-9,19H,6-7,10-11H2,1-5H3.